The van der Waals surface area contributed by atoms with Crippen LogP contribution in [0, 0.1) is 5.92 Å². The van der Waals surface area contributed by atoms with E-state index in [-0.39, 0.29) is 5.56 Å². The second kappa shape index (κ2) is 8.02. The molecule has 27 heavy (non-hydrogen) atoms. The Bertz CT molecular complexity index is 884. The molecule has 1 aliphatic rings. The maximum Gasteiger partial charge on any atom is 0.338 e. The van der Waals surface area contributed by atoms with Crippen molar-refractivity contribution >= 4 is 33.3 Å². The lowest BCUT2D eigenvalue weighted by atomic mass is 9.97. The molecule has 4 rings (SSSR count). The Balaban J connectivity index is 1.24. The van der Waals surface area contributed by atoms with Crippen molar-refractivity contribution in [2.45, 2.75) is 19.4 Å². The Kier molecular flexibility index (Phi) is 5.31. The van der Waals surface area contributed by atoms with Crippen LogP contribution in [0.2, 0.25) is 0 Å². The SMILES string of the molecule is O=C(O)c1cnc(N2CCC(CNCc3cc4ccccc4s3)CC2)nc1. The summed E-state index contributed by atoms with van der Waals surface area (Å²) in [4.78, 5) is 22.8. The Morgan fingerprint density at radius 3 is 2.67 bits per heavy atom. The number of hydrogen-bond donors (Lipinski definition) is 2. The van der Waals surface area contributed by atoms with E-state index < -0.39 is 5.97 Å². The number of hydrogen-bond acceptors (Lipinski definition) is 6. The van der Waals surface area contributed by atoms with Gasteiger partial charge in [0.2, 0.25) is 5.95 Å². The summed E-state index contributed by atoms with van der Waals surface area (Å²) >= 11 is 1.86. The van der Waals surface area contributed by atoms with Gasteiger partial charge in [-0.2, -0.15) is 0 Å². The number of fused-ring (bicyclic) bond motifs is 1. The minimum absolute atomic E-state index is 0.124. The van der Waals surface area contributed by atoms with Gasteiger partial charge >= 0.3 is 5.97 Å². The van der Waals surface area contributed by atoms with Crippen LogP contribution in [0.4, 0.5) is 5.95 Å². The summed E-state index contributed by atoms with van der Waals surface area (Å²) in [6, 6.07) is 10.8. The van der Waals surface area contributed by atoms with Gasteiger partial charge in [-0.15, -0.1) is 11.3 Å². The highest BCUT2D eigenvalue weighted by molar-refractivity contribution is 7.19. The third-order valence-electron chi connectivity index (χ3n) is 4.99. The van der Waals surface area contributed by atoms with Crippen molar-refractivity contribution in [3.63, 3.8) is 0 Å². The average molecular weight is 382 g/mol. The van der Waals surface area contributed by atoms with Crippen LogP contribution in [-0.2, 0) is 6.54 Å². The van der Waals surface area contributed by atoms with Crippen molar-refractivity contribution < 1.29 is 9.90 Å². The Morgan fingerprint density at radius 1 is 1.22 bits per heavy atom. The predicted octanol–water partition coefficient (Wildman–Crippen LogP) is 3.40. The van der Waals surface area contributed by atoms with Gasteiger partial charge < -0.3 is 15.3 Å². The minimum Gasteiger partial charge on any atom is -0.478 e. The van der Waals surface area contributed by atoms with Gasteiger partial charge in [-0.1, -0.05) is 18.2 Å². The summed E-state index contributed by atoms with van der Waals surface area (Å²) in [5, 5.41) is 13.8. The van der Waals surface area contributed by atoms with Gasteiger partial charge in [-0.25, -0.2) is 14.8 Å². The number of carboxylic acids is 1. The monoisotopic (exact) mass is 382 g/mol. The van der Waals surface area contributed by atoms with Gasteiger partial charge in [0.25, 0.3) is 0 Å². The molecule has 1 aromatic carbocycles. The molecule has 6 nitrogen and oxygen atoms in total. The van der Waals surface area contributed by atoms with Crippen molar-refractivity contribution in [1.29, 1.82) is 0 Å². The molecular weight excluding hydrogens is 360 g/mol. The Morgan fingerprint density at radius 2 is 1.96 bits per heavy atom. The molecule has 0 saturated carbocycles. The molecule has 0 aliphatic carbocycles. The third-order valence-corrected chi connectivity index (χ3v) is 6.11. The molecule has 2 aromatic heterocycles. The summed E-state index contributed by atoms with van der Waals surface area (Å²) in [5.41, 5.74) is 0.124. The molecule has 0 unspecified atom stereocenters. The van der Waals surface area contributed by atoms with Crippen molar-refractivity contribution in [3.8, 4) is 0 Å². The lowest BCUT2D eigenvalue weighted by molar-refractivity contribution is 0.0696. The number of piperidine rings is 1. The zero-order chi connectivity index (χ0) is 18.6. The number of thiophene rings is 1. The molecule has 0 spiro atoms. The van der Waals surface area contributed by atoms with E-state index in [0.29, 0.717) is 11.9 Å². The van der Waals surface area contributed by atoms with Gasteiger partial charge in [0.1, 0.15) is 0 Å². The van der Waals surface area contributed by atoms with E-state index in [1.807, 2.05) is 11.3 Å². The number of carbonyl (C=O) groups is 1. The fourth-order valence-electron chi connectivity index (χ4n) is 3.46. The molecule has 2 N–H and O–H groups in total. The normalized spacial score (nSPS) is 15.3. The number of rotatable bonds is 6. The van der Waals surface area contributed by atoms with Crippen LogP contribution < -0.4 is 10.2 Å². The Labute approximate surface area is 161 Å². The van der Waals surface area contributed by atoms with Crippen LogP contribution in [0.5, 0.6) is 0 Å². The lowest BCUT2D eigenvalue weighted by Gasteiger charge is -2.32. The minimum atomic E-state index is -0.995. The maximum absolute atomic E-state index is 10.9. The van der Waals surface area contributed by atoms with Gasteiger partial charge in [0.15, 0.2) is 0 Å². The molecule has 0 bridgehead atoms. The van der Waals surface area contributed by atoms with Crippen molar-refractivity contribution in [1.82, 2.24) is 15.3 Å². The number of aromatic nitrogens is 2. The molecule has 1 saturated heterocycles. The summed E-state index contributed by atoms with van der Waals surface area (Å²) in [7, 11) is 0. The van der Waals surface area contributed by atoms with Crippen LogP contribution in [0.3, 0.4) is 0 Å². The average Bonchev–Trinajstić information content (AvgIpc) is 3.11. The number of carboxylic acid groups (broad SMARTS) is 1. The first-order valence-electron chi connectivity index (χ1n) is 9.17. The van der Waals surface area contributed by atoms with Gasteiger partial charge in [-0.05, 0) is 42.8 Å². The second-order valence-electron chi connectivity index (χ2n) is 6.89. The number of aromatic carboxylic acids is 1. The first-order valence-corrected chi connectivity index (χ1v) is 9.99. The molecule has 1 fully saturated rings. The fourth-order valence-corrected chi connectivity index (χ4v) is 4.49. The van der Waals surface area contributed by atoms with Crippen LogP contribution in [-0.4, -0.2) is 40.7 Å². The molecule has 0 atom stereocenters. The number of benzene rings is 1. The number of nitrogens with one attached hydrogen (secondary N) is 1. The molecule has 7 heteroatoms. The summed E-state index contributed by atoms with van der Waals surface area (Å²) in [6.45, 7) is 3.74. The van der Waals surface area contributed by atoms with E-state index >= 15 is 0 Å². The first kappa shape index (κ1) is 17.9. The van der Waals surface area contributed by atoms with Gasteiger partial charge in [0, 0.05) is 41.6 Å². The topological polar surface area (TPSA) is 78.3 Å². The molecule has 140 valence electrons. The van der Waals surface area contributed by atoms with Crippen LogP contribution in [0.15, 0.2) is 42.7 Å². The zero-order valence-corrected chi connectivity index (χ0v) is 15.8. The van der Waals surface area contributed by atoms with E-state index in [1.54, 1.807) is 0 Å². The van der Waals surface area contributed by atoms with Gasteiger partial charge in [0.05, 0.1) is 5.56 Å². The molecular formula is C20H22N4O2S. The van der Waals surface area contributed by atoms with Gasteiger partial charge in [-0.3, -0.25) is 0 Å². The highest BCUT2D eigenvalue weighted by atomic mass is 32.1. The van der Waals surface area contributed by atoms with Crippen molar-refractivity contribution in [2.75, 3.05) is 24.5 Å². The van der Waals surface area contributed by atoms with Crippen LogP contribution >= 0.6 is 11.3 Å². The van der Waals surface area contributed by atoms with Crippen molar-refractivity contribution in [3.05, 3.63) is 53.2 Å². The molecule has 3 heterocycles. The third kappa shape index (κ3) is 4.26. The van der Waals surface area contributed by atoms with Crippen LogP contribution in [0.25, 0.3) is 10.1 Å². The standard InChI is InChI=1S/C20H22N4O2S/c25-19(26)16-11-22-20(23-12-16)24-7-5-14(6-8-24)10-21-13-17-9-15-3-1-2-4-18(15)27-17/h1-4,9,11-12,14,21H,5-8,10,13H2,(H,25,26). The van der Waals surface area contributed by atoms with E-state index in [1.165, 1.54) is 27.4 Å². The summed E-state index contributed by atoms with van der Waals surface area (Å²) in [5.74, 6) is 0.274. The lowest BCUT2D eigenvalue weighted by Crippen LogP contribution is -2.38. The van der Waals surface area contributed by atoms with E-state index in [9.17, 15) is 4.79 Å². The molecule has 1 aliphatic heterocycles. The summed E-state index contributed by atoms with van der Waals surface area (Å²) in [6.07, 6.45) is 4.93. The largest absolute Gasteiger partial charge is 0.478 e. The number of anilines is 1. The first-order chi connectivity index (χ1) is 13.2. The molecule has 0 amide bonds. The van der Waals surface area contributed by atoms with Crippen LogP contribution in [0.1, 0.15) is 28.1 Å². The smallest absolute Gasteiger partial charge is 0.338 e. The predicted molar refractivity (Wildman–Crippen MR) is 107 cm³/mol. The second-order valence-corrected chi connectivity index (χ2v) is 8.06. The molecule has 0 radical (unpaired) electrons. The quantitative estimate of drug-likeness (QED) is 0.680. The van der Waals surface area contributed by atoms with E-state index in [0.717, 1.165) is 39.0 Å². The highest BCUT2D eigenvalue weighted by Crippen LogP contribution is 2.25. The number of nitrogens with zero attached hydrogens (tertiary/aromatic N) is 3. The zero-order valence-electron chi connectivity index (χ0n) is 15.0. The van der Waals surface area contributed by atoms with Crippen molar-refractivity contribution in [2.24, 2.45) is 5.92 Å². The maximum atomic E-state index is 10.9. The highest BCUT2D eigenvalue weighted by Gasteiger charge is 2.21. The van der Waals surface area contributed by atoms with E-state index in [4.69, 9.17) is 5.11 Å². The fraction of sp³-hybridized carbons (Fsp3) is 0.350. The molecule has 3 aromatic rings. The Hall–Kier alpha value is -2.51. The summed E-state index contributed by atoms with van der Waals surface area (Å²) < 4.78 is 1.34. The van der Waals surface area contributed by atoms with E-state index in [2.05, 4.69) is 50.5 Å².